The Balaban J connectivity index is 2.21. The van der Waals surface area contributed by atoms with Gasteiger partial charge in [-0.05, 0) is 30.3 Å². The number of hydrogen-bond acceptors (Lipinski definition) is 4. The molecule has 24 heavy (non-hydrogen) atoms. The molecule has 3 rings (SSSR count). The zero-order valence-corrected chi connectivity index (χ0v) is 13.3. The number of carboxylic acid groups (broad SMARTS) is 1. The lowest BCUT2D eigenvalue weighted by atomic mass is 10.1. The van der Waals surface area contributed by atoms with E-state index in [9.17, 15) is 9.90 Å². The van der Waals surface area contributed by atoms with E-state index in [1.807, 2.05) is 30.3 Å². The molecule has 0 aliphatic heterocycles. The van der Waals surface area contributed by atoms with Crippen molar-refractivity contribution in [2.45, 2.75) is 0 Å². The minimum atomic E-state index is -1.06. The number of para-hydroxylation sites is 1. The van der Waals surface area contributed by atoms with Gasteiger partial charge in [-0.2, -0.15) is 5.10 Å². The average Bonchev–Trinajstić information content (AvgIpc) is 3.07. The molecule has 0 unspecified atom stereocenters. The van der Waals surface area contributed by atoms with Crippen LogP contribution in [0, 0.1) is 0 Å². The minimum absolute atomic E-state index is 0.0883. The maximum Gasteiger partial charge on any atom is 0.339 e. The van der Waals surface area contributed by atoms with Gasteiger partial charge in [0.05, 0.1) is 19.9 Å². The van der Waals surface area contributed by atoms with Gasteiger partial charge in [-0.3, -0.25) is 0 Å². The number of rotatable bonds is 5. The Morgan fingerprint density at radius 1 is 1.08 bits per heavy atom. The monoisotopic (exact) mass is 324 g/mol. The van der Waals surface area contributed by atoms with E-state index in [0.717, 1.165) is 5.69 Å². The molecule has 0 amide bonds. The van der Waals surface area contributed by atoms with Crippen LogP contribution >= 0.6 is 0 Å². The largest absolute Gasteiger partial charge is 0.497 e. The maximum atomic E-state index is 11.7. The lowest BCUT2D eigenvalue weighted by Gasteiger charge is -2.09. The van der Waals surface area contributed by atoms with Gasteiger partial charge in [-0.25, -0.2) is 9.48 Å². The number of carbonyl (C=O) groups is 1. The van der Waals surface area contributed by atoms with E-state index in [0.29, 0.717) is 22.8 Å². The van der Waals surface area contributed by atoms with Crippen LogP contribution in [0.1, 0.15) is 10.4 Å². The summed E-state index contributed by atoms with van der Waals surface area (Å²) in [6.45, 7) is 0. The first-order valence-electron chi connectivity index (χ1n) is 7.25. The van der Waals surface area contributed by atoms with Gasteiger partial charge in [0.25, 0.3) is 0 Å². The van der Waals surface area contributed by atoms with Gasteiger partial charge in [0.15, 0.2) is 0 Å². The maximum absolute atomic E-state index is 11.7. The SMILES string of the molecule is COc1ccc(OC)c(-c2nn(-c3ccccc3)cc2C(=O)O)c1. The second-order valence-electron chi connectivity index (χ2n) is 5.04. The van der Waals surface area contributed by atoms with Gasteiger partial charge >= 0.3 is 5.97 Å². The second-order valence-corrected chi connectivity index (χ2v) is 5.04. The number of aromatic carboxylic acids is 1. The van der Waals surface area contributed by atoms with Crippen molar-refractivity contribution in [3.63, 3.8) is 0 Å². The number of aromatic nitrogens is 2. The van der Waals surface area contributed by atoms with Gasteiger partial charge in [0.2, 0.25) is 0 Å². The standard InChI is InChI=1S/C18H16N2O4/c1-23-13-8-9-16(24-2)14(10-13)17-15(18(21)22)11-20(19-17)12-6-4-3-5-7-12/h3-11H,1-2H3,(H,21,22). The van der Waals surface area contributed by atoms with E-state index in [-0.39, 0.29) is 5.56 Å². The van der Waals surface area contributed by atoms with Crippen LogP contribution < -0.4 is 9.47 Å². The van der Waals surface area contributed by atoms with Crippen LogP contribution in [0.2, 0.25) is 0 Å². The third kappa shape index (κ3) is 2.81. The Kier molecular flexibility index (Phi) is 4.20. The van der Waals surface area contributed by atoms with E-state index in [1.165, 1.54) is 18.0 Å². The summed E-state index contributed by atoms with van der Waals surface area (Å²) < 4.78 is 12.1. The Bertz CT molecular complexity index is 872. The smallest absolute Gasteiger partial charge is 0.339 e. The van der Waals surface area contributed by atoms with E-state index < -0.39 is 5.97 Å². The van der Waals surface area contributed by atoms with E-state index in [4.69, 9.17) is 9.47 Å². The topological polar surface area (TPSA) is 73.6 Å². The van der Waals surface area contributed by atoms with Gasteiger partial charge < -0.3 is 14.6 Å². The predicted molar refractivity (Wildman–Crippen MR) is 89.1 cm³/mol. The summed E-state index contributed by atoms with van der Waals surface area (Å²) in [5, 5.41) is 14.0. The lowest BCUT2D eigenvalue weighted by molar-refractivity contribution is 0.0697. The van der Waals surface area contributed by atoms with Crippen molar-refractivity contribution in [2.75, 3.05) is 14.2 Å². The highest BCUT2D eigenvalue weighted by Crippen LogP contribution is 2.34. The molecule has 0 saturated carbocycles. The third-order valence-corrected chi connectivity index (χ3v) is 3.63. The normalized spacial score (nSPS) is 10.4. The molecule has 6 heteroatoms. The van der Waals surface area contributed by atoms with Crippen molar-refractivity contribution in [2.24, 2.45) is 0 Å². The summed E-state index contributed by atoms with van der Waals surface area (Å²) in [7, 11) is 3.08. The fourth-order valence-corrected chi connectivity index (χ4v) is 2.44. The summed E-state index contributed by atoms with van der Waals surface area (Å²) in [5.74, 6) is 0.0602. The van der Waals surface area contributed by atoms with Crippen LogP contribution in [-0.2, 0) is 0 Å². The fourth-order valence-electron chi connectivity index (χ4n) is 2.44. The van der Waals surface area contributed by atoms with Crippen LogP contribution in [0.3, 0.4) is 0 Å². The molecule has 1 aromatic heterocycles. The zero-order valence-electron chi connectivity index (χ0n) is 13.3. The molecule has 3 aromatic rings. The number of ether oxygens (including phenoxy) is 2. The van der Waals surface area contributed by atoms with Crippen LogP contribution in [0.15, 0.2) is 54.7 Å². The van der Waals surface area contributed by atoms with Crippen molar-refractivity contribution >= 4 is 5.97 Å². The summed E-state index contributed by atoms with van der Waals surface area (Å²) >= 11 is 0. The zero-order chi connectivity index (χ0) is 17.1. The highest BCUT2D eigenvalue weighted by molar-refractivity contribution is 5.95. The molecular weight excluding hydrogens is 308 g/mol. The number of benzene rings is 2. The van der Waals surface area contributed by atoms with Crippen LogP contribution in [0.25, 0.3) is 16.9 Å². The summed E-state index contributed by atoms with van der Waals surface area (Å²) in [6.07, 6.45) is 1.49. The van der Waals surface area contributed by atoms with Crippen molar-refractivity contribution in [1.29, 1.82) is 0 Å². The van der Waals surface area contributed by atoms with Gasteiger partial charge in [-0.15, -0.1) is 0 Å². The summed E-state index contributed by atoms with van der Waals surface area (Å²) in [6, 6.07) is 14.5. The molecule has 0 saturated heterocycles. The van der Waals surface area contributed by atoms with E-state index in [2.05, 4.69) is 5.10 Å². The minimum Gasteiger partial charge on any atom is -0.497 e. The number of nitrogens with zero attached hydrogens (tertiary/aromatic N) is 2. The van der Waals surface area contributed by atoms with Crippen LogP contribution in [0.4, 0.5) is 0 Å². The summed E-state index contributed by atoms with van der Waals surface area (Å²) in [5.41, 5.74) is 1.74. The Morgan fingerprint density at radius 2 is 1.83 bits per heavy atom. The number of hydrogen-bond donors (Lipinski definition) is 1. The van der Waals surface area contributed by atoms with Crippen LogP contribution in [-0.4, -0.2) is 35.1 Å². The first-order chi connectivity index (χ1) is 11.6. The van der Waals surface area contributed by atoms with Crippen LogP contribution in [0.5, 0.6) is 11.5 Å². The molecule has 0 spiro atoms. The molecule has 0 bridgehead atoms. The molecular formula is C18H16N2O4. The molecule has 1 heterocycles. The first-order valence-corrected chi connectivity index (χ1v) is 7.25. The van der Waals surface area contributed by atoms with Crippen molar-refractivity contribution in [3.05, 3.63) is 60.3 Å². The van der Waals surface area contributed by atoms with Gasteiger partial charge in [-0.1, -0.05) is 18.2 Å². The lowest BCUT2D eigenvalue weighted by Crippen LogP contribution is -1.98. The molecule has 1 N–H and O–H groups in total. The molecule has 6 nitrogen and oxygen atoms in total. The fraction of sp³-hybridized carbons (Fsp3) is 0.111. The summed E-state index contributed by atoms with van der Waals surface area (Å²) in [4.78, 5) is 11.7. The van der Waals surface area contributed by atoms with Crippen molar-refractivity contribution in [3.8, 4) is 28.4 Å². The number of methoxy groups -OCH3 is 2. The molecule has 0 aliphatic rings. The highest BCUT2D eigenvalue weighted by Gasteiger charge is 2.21. The van der Waals surface area contributed by atoms with E-state index in [1.54, 1.807) is 25.3 Å². The third-order valence-electron chi connectivity index (χ3n) is 3.63. The molecule has 0 fully saturated rings. The Morgan fingerprint density at radius 3 is 2.46 bits per heavy atom. The molecule has 0 aliphatic carbocycles. The van der Waals surface area contributed by atoms with Crippen molar-refractivity contribution < 1.29 is 19.4 Å². The highest BCUT2D eigenvalue weighted by atomic mass is 16.5. The van der Waals surface area contributed by atoms with Crippen molar-refractivity contribution in [1.82, 2.24) is 9.78 Å². The predicted octanol–water partition coefficient (Wildman–Crippen LogP) is 3.25. The molecule has 2 aromatic carbocycles. The van der Waals surface area contributed by atoms with E-state index >= 15 is 0 Å². The average molecular weight is 324 g/mol. The Hall–Kier alpha value is -3.28. The molecule has 0 radical (unpaired) electrons. The Labute approximate surface area is 138 Å². The van der Waals surface area contributed by atoms with Gasteiger partial charge in [0, 0.05) is 11.8 Å². The quantitative estimate of drug-likeness (QED) is 0.780. The van der Waals surface area contributed by atoms with Gasteiger partial charge in [0.1, 0.15) is 22.8 Å². The molecule has 0 atom stereocenters. The number of carboxylic acids is 1. The first kappa shape index (κ1) is 15.6. The second kappa shape index (κ2) is 6.45. The molecule has 122 valence electrons.